The average molecular weight is 414 g/mol. The van der Waals surface area contributed by atoms with Gasteiger partial charge in [-0.2, -0.15) is 0 Å². The predicted octanol–water partition coefficient (Wildman–Crippen LogP) is 4.52. The number of aliphatic hydroxyl groups is 2. The number of hydrogen-bond acceptors (Lipinski definition) is 3. The van der Waals surface area contributed by atoms with Crippen LogP contribution in [0.3, 0.4) is 0 Å². The van der Waals surface area contributed by atoms with Crippen molar-refractivity contribution in [1.82, 2.24) is 4.90 Å². The number of piperidine rings is 1. The molecule has 0 saturated carbocycles. The zero-order chi connectivity index (χ0) is 20.4. The van der Waals surface area contributed by atoms with E-state index in [-0.39, 0.29) is 12.1 Å². The third-order valence-corrected chi connectivity index (χ3v) is 5.66. The smallest absolute Gasteiger partial charge is 0.278 e. The van der Waals surface area contributed by atoms with Crippen LogP contribution in [0.15, 0.2) is 48.5 Å². The van der Waals surface area contributed by atoms with Crippen LogP contribution in [0, 0.1) is 5.82 Å². The third-order valence-electron chi connectivity index (χ3n) is 5.41. The van der Waals surface area contributed by atoms with Crippen LogP contribution in [0.2, 0.25) is 5.02 Å². The van der Waals surface area contributed by atoms with Crippen molar-refractivity contribution < 1.29 is 23.4 Å². The molecule has 3 nitrogen and oxygen atoms in total. The van der Waals surface area contributed by atoms with Gasteiger partial charge in [-0.25, -0.2) is 13.2 Å². The van der Waals surface area contributed by atoms with Gasteiger partial charge in [0.15, 0.2) is 0 Å². The number of aliphatic hydroxyl groups excluding tert-OH is 1. The summed E-state index contributed by atoms with van der Waals surface area (Å²) in [5, 5.41) is 21.4. The molecule has 1 saturated heterocycles. The Hall–Kier alpha value is -1.60. The summed E-state index contributed by atoms with van der Waals surface area (Å²) in [6, 6.07) is 11.4. The Balaban J connectivity index is 1.54. The summed E-state index contributed by atoms with van der Waals surface area (Å²) in [5.74, 6) is -3.87. The highest BCUT2D eigenvalue weighted by Gasteiger charge is 2.40. The number of halogens is 4. The molecule has 0 spiro atoms. The van der Waals surface area contributed by atoms with Crippen molar-refractivity contribution in [2.75, 3.05) is 19.6 Å². The first-order chi connectivity index (χ1) is 13.2. The molecule has 28 heavy (non-hydrogen) atoms. The molecule has 0 bridgehead atoms. The number of alkyl halides is 2. The van der Waals surface area contributed by atoms with Crippen molar-refractivity contribution in [2.24, 2.45) is 0 Å². The highest BCUT2D eigenvalue weighted by Crippen LogP contribution is 2.36. The van der Waals surface area contributed by atoms with E-state index in [2.05, 4.69) is 0 Å². The Morgan fingerprint density at radius 2 is 1.61 bits per heavy atom. The van der Waals surface area contributed by atoms with Crippen molar-refractivity contribution in [2.45, 2.75) is 36.9 Å². The Bertz CT molecular complexity index is 775. The van der Waals surface area contributed by atoms with Crippen molar-refractivity contribution in [3.63, 3.8) is 0 Å². The minimum Gasteiger partial charge on any atom is -0.385 e. The standard InChI is InChI=1S/C21H23ClF3NO2/c22-17-5-3-16(4-6-17)20(28)9-12-26(13-10-20)14-11-21(24,25)19(27)15-1-7-18(23)8-2-15/h1-8,19,27-28H,9-14H2/t19-/m0/s1. The van der Waals surface area contributed by atoms with Gasteiger partial charge in [-0.05, 0) is 48.2 Å². The van der Waals surface area contributed by atoms with Crippen LogP contribution in [-0.2, 0) is 5.60 Å². The molecule has 0 unspecified atom stereocenters. The number of benzene rings is 2. The number of hydrogen-bond donors (Lipinski definition) is 2. The first-order valence-corrected chi connectivity index (χ1v) is 9.60. The van der Waals surface area contributed by atoms with Crippen molar-refractivity contribution in [3.05, 3.63) is 70.5 Å². The molecule has 1 aliphatic rings. The van der Waals surface area contributed by atoms with E-state index in [1.807, 2.05) is 4.90 Å². The summed E-state index contributed by atoms with van der Waals surface area (Å²) in [5.41, 5.74) is -0.229. The van der Waals surface area contributed by atoms with E-state index in [0.717, 1.165) is 17.7 Å². The van der Waals surface area contributed by atoms with Gasteiger partial charge in [0.2, 0.25) is 0 Å². The first kappa shape index (κ1) is 21.1. The topological polar surface area (TPSA) is 43.7 Å². The van der Waals surface area contributed by atoms with Crippen LogP contribution >= 0.6 is 11.6 Å². The van der Waals surface area contributed by atoms with Gasteiger partial charge in [-0.15, -0.1) is 0 Å². The molecule has 0 amide bonds. The number of likely N-dealkylation sites (tertiary alicyclic amines) is 1. The van der Waals surface area contributed by atoms with E-state index in [1.165, 1.54) is 12.1 Å². The van der Waals surface area contributed by atoms with E-state index >= 15 is 0 Å². The number of rotatable bonds is 6. The molecule has 2 aromatic rings. The molecule has 2 N–H and O–H groups in total. The van der Waals surface area contributed by atoms with E-state index in [4.69, 9.17) is 11.6 Å². The summed E-state index contributed by atoms with van der Waals surface area (Å²) >= 11 is 5.88. The minimum absolute atomic E-state index is 0.0119. The van der Waals surface area contributed by atoms with Crippen LogP contribution in [0.5, 0.6) is 0 Å². The quantitative estimate of drug-likeness (QED) is 0.731. The molecule has 3 rings (SSSR count). The number of nitrogens with zero attached hydrogens (tertiary/aromatic N) is 1. The van der Waals surface area contributed by atoms with Crippen LogP contribution in [0.4, 0.5) is 13.2 Å². The molecule has 1 fully saturated rings. The Kier molecular flexibility index (Phi) is 6.34. The van der Waals surface area contributed by atoms with Gasteiger partial charge in [0.25, 0.3) is 5.92 Å². The van der Waals surface area contributed by atoms with Crippen LogP contribution in [0.25, 0.3) is 0 Å². The maximum Gasteiger partial charge on any atom is 0.278 e. The van der Waals surface area contributed by atoms with Crippen molar-refractivity contribution in [3.8, 4) is 0 Å². The molecule has 0 radical (unpaired) electrons. The molecule has 0 aromatic heterocycles. The molecule has 1 heterocycles. The van der Waals surface area contributed by atoms with Gasteiger partial charge in [-0.3, -0.25) is 0 Å². The van der Waals surface area contributed by atoms with Gasteiger partial charge in [-0.1, -0.05) is 35.9 Å². The normalized spacial score (nSPS) is 18.8. The monoisotopic (exact) mass is 413 g/mol. The largest absolute Gasteiger partial charge is 0.385 e. The molecule has 1 atom stereocenters. The maximum atomic E-state index is 14.4. The minimum atomic E-state index is -3.33. The van der Waals surface area contributed by atoms with Gasteiger partial charge in [0.05, 0.1) is 5.60 Å². The predicted molar refractivity (Wildman–Crippen MR) is 102 cm³/mol. The highest BCUT2D eigenvalue weighted by atomic mass is 35.5. The summed E-state index contributed by atoms with van der Waals surface area (Å²) < 4.78 is 41.7. The lowest BCUT2D eigenvalue weighted by Gasteiger charge is -2.39. The van der Waals surface area contributed by atoms with Gasteiger partial charge in [0.1, 0.15) is 11.9 Å². The van der Waals surface area contributed by atoms with Gasteiger partial charge < -0.3 is 15.1 Å². The molecule has 2 aromatic carbocycles. The first-order valence-electron chi connectivity index (χ1n) is 9.22. The summed E-state index contributed by atoms with van der Waals surface area (Å²) in [6.45, 7) is 1.05. The molecular formula is C21H23ClF3NO2. The Labute approximate surface area is 167 Å². The zero-order valence-corrected chi connectivity index (χ0v) is 16.0. The molecule has 152 valence electrons. The van der Waals surface area contributed by atoms with Crippen LogP contribution < -0.4 is 0 Å². The lowest BCUT2D eigenvalue weighted by molar-refractivity contribution is -0.122. The van der Waals surface area contributed by atoms with Crippen molar-refractivity contribution >= 4 is 11.6 Å². The van der Waals surface area contributed by atoms with E-state index in [9.17, 15) is 23.4 Å². The van der Waals surface area contributed by atoms with Gasteiger partial charge >= 0.3 is 0 Å². The van der Waals surface area contributed by atoms with Crippen molar-refractivity contribution in [1.29, 1.82) is 0 Å². The zero-order valence-electron chi connectivity index (χ0n) is 15.3. The Morgan fingerprint density at radius 1 is 1.04 bits per heavy atom. The lowest BCUT2D eigenvalue weighted by Crippen LogP contribution is -2.44. The second kappa shape index (κ2) is 8.41. The maximum absolute atomic E-state index is 14.4. The second-order valence-corrected chi connectivity index (χ2v) is 7.78. The average Bonchev–Trinajstić information content (AvgIpc) is 2.68. The molecule has 7 heteroatoms. The van der Waals surface area contributed by atoms with E-state index < -0.39 is 29.9 Å². The fourth-order valence-electron chi connectivity index (χ4n) is 3.53. The van der Waals surface area contributed by atoms with Gasteiger partial charge in [0, 0.05) is 31.1 Å². The Morgan fingerprint density at radius 3 is 2.18 bits per heavy atom. The molecular weight excluding hydrogens is 391 g/mol. The fraction of sp³-hybridized carbons (Fsp3) is 0.429. The lowest BCUT2D eigenvalue weighted by atomic mass is 9.84. The van der Waals surface area contributed by atoms with E-state index in [0.29, 0.717) is 31.0 Å². The fourth-order valence-corrected chi connectivity index (χ4v) is 3.65. The summed E-state index contributed by atoms with van der Waals surface area (Å²) in [6.07, 6.45) is -1.64. The van der Waals surface area contributed by atoms with Crippen LogP contribution in [0.1, 0.15) is 36.5 Å². The van der Waals surface area contributed by atoms with E-state index in [1.54, 1.807) is 24.3 Å². The van der Waals surface area contributed by atoms with Crippen LogP contribution in [-0.4, -0.2) is 40.7 Å². The second-order valence-electron chi connectivity index (χ2n) is 7.35. The molecule has 0 aliphatic carbocycles. The molecule has 1 aliphatic heterocycles. The summed E-state index contributed by atoms with van der Waals surface area (Å²) in [7, 11) is 0. The summed E-state index contributed by atoms with van der Waals surface area (Å²) in [4.78, 5) is 1.86. The third kappa shape index (κ3) is 4.87. The highest BCUT2D eigenvalue weighted by molar-refractivity contribution is 6.30. The SMILES string of the molecule is O[C@@H](c1ccc(F)cc1)C(F)(F)CCN1CCC(O)(c2ccc(Cl)cc2)CC1.